The van der Waals surface area contributed by atoms with E-state index in [1.54, 1.807) is 0 Å². The van der Waals surface area contributed by atoms with Crippen LogP contribution in [0.15, 0.2) is 73.1 Å². The van der Waals surface area contributed by atoms with Crippen molar-refractivity contribution in [3.8, 4) is 11.3 Å². The maximum atomic E-state index is 6.16. The summed E-state index contributed by atoms with van der Waals surface area (Å²) in [4.78, 5) is 2.12. The van der Waals surface area contributed by atoms with Crippen molar-refractivity contribution >= 4 is 35.1 Å². The molecule has 4 aromatic rings. The van der Waals surface area contributed by atoms with Crippen LogP contribution in [0.1, 0.15) is 50.2 Å². The molecule has 0 unspecified atom stereocenters. The number of hydrogen-bond donors (Lipinski definition) is 0. The van der Waals surface area contributed by atoms with Crippen LogP contribution in [-0.2, 0) is 6.54 Å². The average molecular weight is 473 g/mol. The van der Waals surface area contributed by atoms with E-state index in [-0.39, 0.29) is 0 Å². The van der Waals surface area contributed by atoms with E-state index in [2.05, 4.69) is 108 Å². The predicted molar refractivity (Wildman–Crippen MR) is 146 cm³/mol. The zero-order valence-electron chi connectivity index (χ0n) is 20.5. The van der Waals surface area contributed by atoms with E-state index < -0.39 is 0 Å². The number of rotatable bonds is 10. The van der Waals surface area contributed by atoms with Gasteiger partial charge in [-0.2, -0.15) is 0 Å². The Hall–Kier alpha value is -3.04. The molecule has 2 aromatic heterocycles. The first kappa shape index (κ1) is 24.1. The fourth-order valence-corrected chi connectivity index (χ4v) is 4.43. The van der Waals surface area contributed by atoms with Gasteiger partial charge in [0.15, 0.2) is 5.69 Å². The van der Waals surface area contributed by atoms with E-state index in [1.165, 1.54) is 65.8 Å². The Balaban J connectivity index is 1.64. The van der Waals surface area contributed by atoms with Gasteiger partial charge < -0.3 is 4.90 Å². The maximum absolute atomic E-state index is 6.16. The van der Waals surface area contributed by atoms with Crippen LogP contribution in [-0.4, -0.2) is 18.5 Å². The molecule has 0 bridgehead atoms. The van der Waals surface area contributed by atoms with Gasteiger partial charge in [-0.15, -0.1) is 0 Å². The number of halogens is 1. The number of unbranched alkanes of at least 4 members (excludes halogenated alkanes) is 4. The maximum Gasteiger partial charge on any atom is 0.287 e. The minimum Gasteiger partial charge on any atom is -0.378 e. The Morgan fingerprint density at radius 2 is 1.56 bits per heavy atom. The molecule has 0 saturated carbocycles. The Labute approximate surface area is 208 Å². The van der Waals surface area contributed by atoms with E-state index in [4.69, 9.17) is 11.6 Å². The third-order valence-electron chi connectivity index (χ3n) is 6.32. The molecule has 34 heavy (non-hydrogen) atoms. The van der Waals surface area contributed by atoms with Gasteiger partial charge in [-0.3, -0.25) is 0 Å². The van der Waals surface area contributed by atoms with Crippen LogP contribution in [0.2, 0.25) is 5.02 Å². The monoisotopic (exact) mass is 472 g/mol. The summed E-state index contributed by atoms with van der Waals surface area (Å²) in [5.41, 5.74) is 7.25. The van der Waals surface area contributed by atoms with Crippen molar-refractivity contribution in [3.63, 3.8) is 0 Å². The van der Waals surface area contributed by atoms with Crippen molar-refractivity contribution in [2.75, 3.05) is 19.0 Å². The molecule has 0 atom stereocenters. The standard InChI is InChI=1S/C30H35ClN3/c1-4-5-6-7-8-20-34-29(26-13-15-27(31)16-14-26)23-33-21-19-25(22-30(33)34)10-9-24-11-17-28(18-12-24)32(2)3/h9-19,21-23H,4-8,20H2,1-3H3/q+1. The number of imidazole rings is 1. The quantitative estimate of drug-likeness (QED) is 0.169. The second-order valence-corrected chi connectivity index (χ2v) is 9.57. The van der Waals surface area contributed by atoms with Gasteiger partial charge in [-0.1, -0.05) is 62.1 Å². The largest absolute Gasteiger partial charge is 0.378 e. The number of anilines is 1. The molecule has 176 valence electrons. The van der Waals surface area contributed by atoms with Crippen LogP contribution in [0.5, 0.6) is 0 Å². The first-order valence-electron chi connectivity index (χ1n) is 12.3. The smallest absolute Gasteiger partial charge is 0.287 e. The highest BCUT2D eigenvalue weighted by Crippen LogP contribution is 2.22. The summed E-state index contributed by atoms with van der Waals surface area (Å²) in [6.45, 7) is 3.28. The van der Waals surface area contributed by atoms with Crippen LogP contribution in [0.3, 0.4) is 0 Å². The third-order valence-corrected chi connectivity index (χ3v) is 6.57. The van der Waals surface area contributed by atoms with Crippen LogP contribution >= 0.6 is 11.6 Å². The molecular weight excluding hydrogens is 438 g/mol. The molecule has 2 aromatic carbocycles. The van der Waals surface area contributed by atoms with E-state index in [0.29, 0.717) is 0 Å². The molecule has 0 N–H and O–H groups in total. The third kappa shape index (κ3) is 5.90. The van der Waals surface area contributed by atoms with Gasteiger partial charge in [0.05, 0.1) is 12.7 Å². The fourth-order valence-electron chi connectivity index (χ4n) is 4.30. The SMILES string of the molecule is CCCCCCC[n+]1c(-c2ccc(Cl)cc2)cn2ccc(/C=C/c3ccc(N(C)C)cc3)cc21. The number of benzene rings is 2. The minimum atomic E-state index is 0.768. The number of aryl methyl sites for hydroxylation is 1. The van der Waals surface area contributed by atoms with Gasteiger partial charge >= 0.3 is 0 Å². The fraction of sp³-hybridized carbons (Fsp3) is 0.300. The van der Waals surface area contributed by atoms with E-state index in [9.17, 15) is 0 Å². The predicted octanol–water partition coefficient (Wildman–Crippen LogP) is 7.75. The van der Waals surface area contributed by atoms with Crippen molar-refractivity contribution in [3.05, 3.63) is 89.2 Å². The van der Waals surface area contributed by atoms with E-state index in [0.717, 1.165) is 11.6 Å². The molecule has 0 radical (unpaired) electrons. The van der Waals surface area contributed by atoms with Crippen molar-refractivity contribution < 1.29 is 4.57 Å². The first-order chi connectivity index (χ1) is 16.5. The lowest BCUT2D eigenvalue weighted by Crippen LogP contribution is -2.35. The highest BCUT2D eigenvalue weighted by atomic mass is 35.5. The second kappa shape index (κ2) is 11.4. The van der Waals surface area contributed by atoms with Gasteiger partial charge in [-0.05, 0) is 66.4 Å². The molecule has 0 amide bonds. The molecule has 0 aliphatic heterocycles. The molecule has 0 spiro atoms. The molecule has 3 nitrogen and oxygen atoms in total. The lowest BCUT2D eigenvalue weighted by molar-refractivity contribution is -0.660. The summed E-state index contributed by atoms with van der Waals surface area (Å²) in [5.74, 6) is 0. The van der Waals surface area contributed by atoms with Gasteiger partial charge in [0, 0.05) is 36.4 Å². The molecule has 4 heteroatoms. The van der Waals surface area contributed by atoms with E-state index in [1.807, 2.05) is 12.1 Å². The highest BCUT2D eigenvalue weighted by Gasteiger charge is 2.19. The van der Waals surface area contributed by atoms with Crippen LogP contribution in [0, 0.1) is 0 Å². The topological polar surface area (TPSA) is 11.5 Å². The van der Waals surface area contributed by atoms with Gasteiger partial charge in [0.25, 0.3) is 5.65 Å². The number of pyridine rings is 1. The minimum absolute atomic E-state index is 0.768. The lowest BCUT2D eigenvalue weighted by Gasteiger charge is -2.11. The molecule has 0 aliphatic carbocycles. The van der Waals surface area contributed by atoms with Crippen LogP contribution in [0.25, 0.3) is 29.1 Å². The summed E-state index contributed by atoms with van der Waals surface area (Å²) in [7, 11) is 4.13. The van der Waals surface area contributed by atoms with Crippen molar-refractivity contribution in [1.82, 2.24) is 4.40 Å². The number of nitrogens with zero attached hydrogens (tertiary/aromatic N) is 3. The van der Waals surface area contributed by atoms with Gasteiger partial charge in [-0.25, -0.2) is 8.97 Å². The normalized spacial score (nSPS) is 11.5. The zero-order valence-corrected chi connectivity index (χ0v) is 21.3. The van der Waals surface area contributed by atoms with Gasteiger partial charge in [0.2, 0.25) is 0 Å². The summed E-state index contributed by atoms with van der Waals surface area (Å²) in [5, 5.41) is 0.768. The summed E-state index contributed by atoms with van der Waals surface area (Å²) in [6, 6.07) is 21.3. The number of hydrogen-bond acceptors (Lipinski definition) is 1. The summed E-state index contributed by atoms with van der Waals surface area (Å²) >= 11 is 6.16. The molecule has 0 saturated heterocycles. The molecular formula is C30H35ClN3+. The van der Waals surface area contributed by atoms with Crippen LogP contribution < -0.4 is 9.47 Å². The van der Waals surface area contributed by atoms with E-state index >= 15 is 0 Å². The summed E-state index contributed by atoms with van der Waals surface area (Å²) in [6.07, 6.45) is 15.1. The Kier molecular flexibility index (Phi) is 8.08. The van der Waals surface area contributed by atoms with Crippen molar-refractivity contribution in [2.24, 2.45) is 0 Å². The van der Waals surface area contributed by atoms with Gasteiger partial charge in [0.1, 0.15) is 6.20 Å². The second-order valence-electron chi connectivity index (χ2n) is 9.13. The number of fused-ring (bicyclic) bond motifs is 1. The molecule has 4 rings (SSSR count). The Bertz CT molecular complexity index is 1230. The summed E-state index contributed by atoms with van der Waals surface area (Å²) < 4.78 is 4.69. The zero-order chi connectivity index (χ0) is 23.9. The van der Waals surface area contributed by atoms with Crippen molar-refractivity contribution in [2.45, 2.75) is 45.6 Å². The Morgan fingerprint density at radius 1 is 0.853 bits per heavy atom. The lowest BCUT2D eigenvalue weighted by atomic mass is 10.1. The Morgan fingerprint density at radius 3 is 2.26 bits per heavy atom. The molecule has 2 heterocycles. The van der Waals surface area contributed by atoms with Crippen LogP contribution in [0.4, 0.5) is 5.69 Å². The van der Waals surface area contributed by atoms with Crippen molar-refractivity contribution in [1.29, 1.82) is 0 Å². The highest BCUT2D eigenvalue weighted by molar-refractivity contribution is 6.30. The molecule has 0 fully saturated rings. The first-order valence-corrected chi connectivity index (χ1v) is 12.7. The number of aromatic nitrogens is 2. The molecule has 0 aliphatic rings. The average Bonchev–Trinajstić information content (AvgIpc) is 3.21.